The van der Waals surface area contributed by atoms with Gasteiger partial charge in [0, 0.05) is 72.2 Å². The Labute approximate surface area is 232 Å². The summed E-state index contributed by atoms with van der Waals surface area (Å²) in [5.41, 5.74) is 10.3. The van der Waals surface area contributed by atoms with Crippen LogP contribution in [0.2, 0.25) is 0 Å². The molecule has 0 saturated carbocycles. The molecule has 1 aromatic carbocycles. The van der Waals surface area contributed by atoms with Gasteiger partial charge in [-0.1, -0.05) is 12.1 Å². The highest BCUT2D eigenvalue weighted by Crippen LogP contribution is 2.37. The van der Waals surface area contributed by atoms with Crippen molar-refractivity contribution in [3.05, 3.63) is 87.3 Å². The lowest BCUT2D eigenvalue weighted by molar-refractivity contribution is -0.110. The first-order valence-corrected chi connectivity index (χ1v) is 13.9. The van der Waals surface area contributed by atoms with E-state index in [1.807, 2.05) is 73.7 Å². The van der Waals surface area contributed by atoms with Crippen molar-refractivity contribution in [1.82, 2.24) is 24.8 Å². The van der Waals surface area contributed by atoms with Crippen molar-refractivity contribution < 1.29 is 9.59 Å². The Morgan fingerprint density at radius 2 is 1.90 bits per heavy atom. The maximum atomic E-state index is 13.2. The maximum Gasteiger partial charge on any atom is 0.256 e. The fraction of sp³-hybridized carbons (Fsp3) is 0.267. The van der Waals surface area contributed by atoms with Crippen molar-refractivity contribution in [3.63, 3.8) is 0 Å². The second-order valence-corrected chi connectivity index (χ2v) is 10.7. The third-order valence-electron chi connectivity index (χ3n) is 7.11. The van der Waals surface area contributed by atoms with Crippen molar-refractivity contribution in [1.29, 1.82) is 0 Å². The Balaban J connectivity index is 0.000000384. The van der Waals surface area contributed by atoms with E-state index in [1.54, 1.807) is 23.0 Å². The number of hydrogen-bond donors (Lipinski definition) is 2. The first-order chi connectivity index (χ1) is 18.8. The normalized spacial score (nSPS) is 16.1. The number of anilines is 1. The number of nitrogens with zero attached hydrogens (tertiary/aromatic N) is 4. The zero-order valence-electron chi connectivity index (χ0n) is 22.6. The molecule has 5 heterocycles. The standard InChI is InChI=1S/C24H25N5O2S.C6H7N/c1-14-20(26-15(2)22(14)24(31)29-8-6-28(3)7-9-29)11-18-17-10-16(21-12-32-13-25-21)4-5-19(17)27-23(18)30;1-6-3-2-4-7-5-6/h4-5,10-13,26H,6-9H2,1-3H3,(H,27,30);2-5H,1H3/b18-11-;. The van der Waals surface area contributed by atoms with E-state index < -0.39 is 0 Å². The number of amides is 2. The fourth-order valence-electron chi connectivity index (χ4n) is 4.85. The zero-order valence-corrected chi connectivity index (χ0v) is 23.4. The summed E-state index contributed by atoms with van der Waals surface area (Å²) in [6.45, 7) is 9.09. The molecule has 3 aromatic heterocycles. The molecule has 0 spiro atoms. The highest BCUT2D eigenvalue weighted by atomic mass is 32.1. The van der Waals surface area contributed by atoms with E-state index in [-0.39, 0.29) is 11.8 Å². The number of aromatic amines is 1. The van der Waals surface area contributed by atoms with Gasteiger partial charge in [-0.3, -0.25) is 14.6 Å². The number of pyridine rings is 1. The van der Waals surface area contributed by atoms with Crippen molar-refractivity contribution in [3.8, 4) is 11.3 Å². The number of piperazine rings is 1. The highest BCUT2D eigenvalue weighted by molar-refractivity contribution is 7.07. The Hall–Kier alpha value is -4.08. The van der Waals surface area contributed by atoms with Gasteiger partial charge in [-0.15, -0.1) is 11.3 Å². The molecule has 0 unspecified atom stereocenters. The Morgan fingerprint density at radius 3 is 2.54 bits per heavy atom. The number of carbonyl (C=O) groups is 2. The highest BCUT2D eigenvalue weighted by Gasteiger charge is 2.28. The molecule has 8 nitrogen and oxygen atoms in total. The molecule has 9 heteroatoms. The Kier molecular flexibility index (Phi) is 7.72. The first-order valence-electron chi connectivity index (χ1n) is 12.9. The summed E-state index contributed by atoms with van der Waals surface area (Å²) in [4.78, 5) is 41.7. The van der Waals surface area contributed by atoms with Crippen molar-refractivity contribution in [2.75, 3.05) is 38.5 Å². The predicted octanol–water partition coefficient (Wildman–Crippen LogP) is 5.03. The number of likely N-dealkylation sites (N-methyl/N-ethyl adjacent to an activating group) is 1. The molecule has 1 fully saturated rings. The number of aryl methyl sites for hydroxylation is 2. The van der Waals surface area contributed by atoms with Crippen molar-refractivity contribution in [2.24, 2.45) is 0 Å². The molecule has 0 aliphatic carbocycles. The number of rotatable bonds is 3. The zero-order chi connectivity index (χ0) is 27.5. The van der Waals surface area contributed by atoms with Gasteiger partial charge in [0.25, 0.3) is 11.8 Å². The molecular formula is C30H32N6O2S. The third kappa shape index (κ3) is 5.69. The van der Waals surface area contributed by atoms with E-state index in [9.17, 15) is 9.59 Å². The molecule has 0 radical (unpaired) electrons. The number of hydrogen-bond acceptors (Lipinski definition) is 6. The van der Waals surface area contributed by atoms with E-state index in [4.69, 9.17) is 0 Å². The van der Waals surface area contributed by atoms with Gasteiger partial charge in [0.1, 0.15) is 0 Å². The van der Waals surface area contributed by atoms with Gasteiger partial charge < -0.3 is 20.1 Å². The molecule has 1 saturated heterocycles. The summed E-state index contributed by atoms with van der Waals surface area (Å²) in [5, 5.41) is 4.93. The lowest BCUT2D eigenvalue weighted by atomic mass is 10.0. The summed E-state index contributed by atoms with van der Waals surface area (Å²) in [6.07, 6.45) is 5.46. The molecule has 2 N–H and O–H groups in total. The monoisotopic (exact) mass is 540 g/mol. The summed E-state index contributed by atoms with van der Waals surface area (Å²) in [7, 11) is 2.07. The van der Waals surface area contributed by atoms with E-state index >= 15 is 0 Å². The van der Waals surface area contributed by atoms with Gasteiger partial charge in [0.05, 0.1) is 22.3 Å². The summed E-state index contributed by atoms with van der Waals surface area (Å²) < 4.78 is 0. The second-order valence-electron chi connectivity index (χ2n) is 9.94. The lowest BCUT2D eigenvalue weighted by Crippen LogP contribution is -2.47. The van der Waals surface area contributed by atoms with Gasteiger partial charge in [0.2, 0.25) is 0 Å². The second kappa shape index (κ2) is 11.3. The first kappa shape index (κ1) is 26.5. The number of aromatic nitrogens is 3. The number of fused-ring (bicyclic) bond motifs is 1. The average Bonchev–Trinajstić information content (AvgIpc) is 3.64. The molecule has 2 aliphatic heterocycles. The van der Waals surface area contributed by atoms with Crippen LogP contribution in [0, 0.1) is 20.8 Å². The van der Waals surface area contributed by atoms with Crippen LogP contribution >= 0.6 is 11.3 Å². The summed E-state index contributed by atoms with van der Waals surface area (Å²) in [6, 6.07) is 9.82. The van der Waals surface area contributed by atoms with Crippen LogP contribution in [0.3, 0.4) is 0 Å². The molecule has 0 atom stereocenters. The van der Waals surface area contributed by atoms with Gasteiger partial charge in [0.15, 0.2) is 0 Å². The minimum Gasteiger partial charge on any atom is -0.358 e. The van der Waals surface area contributed by atoms with Crippen LogP contribution in [0.1, 0.15) is 38.4 Å². The Morgan fingerprint density at radius 1 is 1.10 bits per heavy atom. The van der Waals surface area contributed by atoms with E-state index in [0.29, 0.717) is 11.1 Å². The summed E-state index contributed by atoms with van der Waals surface area (Å²) in [5.74, 6) is -0.0925. The molecular weight excluding hydrogens is 508 g/mol. The van der Waals surface area contributed by atoms with Crippen LogP contribution in [0.5, 0.6) is 0 Å². The molecule has 2 amide bonds. The van der Waals surface area contributed by atoms with Crippen molar-refractivity contribution in [2.45, 2.75) is 20.8 Å². The SMILES string of the molecule is Cc1[nH]c(/C=C2\C(=O)Nc3ccc(-c4cscn4)cc32)c(C)c1C(=O)N1CCN(C)CC1.Cc1cccnc1. The molecule has 2 aliphatic rings. The predicted molar refractivity (Wildman–Crippen MR) is 157 cm³/mol. The van der Waals surface area contributed by atoms with Gasteiger partial charge in [-0.2, -0.15) is 0 Å². The quantitative estimate of drug-likeness (QED) is 0.356. The maximum absolute atomic E-state index is 13.2. The van der Waals surface area contributed by atoms with E-state index in [1.165, 1.54) is 5.56 Å². The average molecular weight is 541 g/mol. The lowest BCUT2D eigenvalue weighted by Gasteiger charge is -2.32. The van der Waals surface area contributed by atoms with Crippen LogP contribution in [0.15, 0.2) is 53.6 Å². The van der Waals surface area contributed by atoms with Crippen LogP contribution in [0.25, 0.3) is 22.9 Å². The van der Waals surface area contributed by atoms with Crippen LogP contribution in [-0.4, -0.2) is 69.8 Å². The van der Waals surface area contributed by atoms with Crippen LogP contribution in [0.4, 0.5) is 5.69 Å². The van der Waals surface area contributed by atoms with Crippen LogP contribution in [-0.2, 0) is 4.79 Å². The van der Waals surface area contributed by atoms with Gasteiger partial charge >= 0.3 is 0 Å². The van der Waals surface area contributed by atoms with E-state index in [0.717, 1.165) is 65.6 Å². The minimum atomic E-state index is -0.144. The molecule has 6 rings (SSSR count). The topological polar surface area (TPSA) is 94.2 Å². The fourth-order valence-corrected chi connectivity index (χ4v) is 5.41. The number of H-pyrrole nitrogens is 1. The van der Waals surface area contributed by atoms with Crippen LogP contribution < -0.4 is 5.32 Å². The molecule has 39 heavy (non-hydrogen) atoms. The van der Waals surface area contributed by atoms with E-state index in [2.05, 4.69) is 32.2 Å². The number of nitrogens with one attached hydrogen (secondary N) is 2. The largest absolute Gasteiger partial charge is 0.358 e. The van der Waals surface area contributed by atoms with Crippen molar-refractivity contribution >= 4 is 40.5 Å². The van der Waals surface area contributed by atoms with Gasteiger partial charge in [-0.05, 0) is 63.2 Å². The summed E-state index contributed by atoms with van der Waals surface area (Å²) >= 11 is 1.54. The molecule has 4 aromatic rings. The molecule has 0 bridgehead atoms. The Bertz CT molecular complexity index is 1520. The van der Waals surface area contributed by atoms with Gasteiger partial charge in [-0.25, -0.2) is 4.98 Å². The minimum absolute atomic E-state index is 0.0519. The molecule has 200 valence electrons. The number of carbonyl (C=O) groups excluding carboxylic acids is 2. The smallest absolute Gasteiger partial charge is 0.256 e. The number of thiazole rings is 1. The number of benzene rings is 1. The third-order valence-corrected chi connectivity index (χ3v) is 7.70.